The number of rotatable bonds is 2. The molecule has 0 saturated heterocycles. The van der Waals surface area contributed by atoms with Gasteiger partial charge in [0.1, 0.15) is 0 Å². The zero-order chi connectivity index (χ0) is 16.2. The lowest BCUT2D eigenvalue weighted by molar-refractivity contribution is -0.00799. The second kappa shape index (κ2) is 5.27. The van der Waals surface area contributed by atoms with Crippen LogP contribution in [0.4, 0.5) is 0 Å². The van der Waals surface area contributed by atoms with Crippen LogP contribution in [0.15, 0.2) is 18.2 Å². The first-order chi connectivity index (χ1) is 11.0. The molecule has 0 aromatic heterocycles. The number of hydrogen-bond donors (Lipinski definition) is 2. The van der Waals surface area contributed by atoms with Crippen molar-refractivity contribution in [3.8, 4) is 11.5 Å². The smallest absolute Gasteiger partial charge is 0.161 e. The highest BCUT2D eigenvalue weighted by Gasteiger charge is 2.53. The average Bonchev–Trinajstić information content (AvgIpc) is 2.84. The third-order valence-corrected chi connectivity index (χ3v) is 6.64. The number of hydrogen-bond acceptors (Lipinski definition) is 3. The fourth-order valence-electron chi connectivity index (χ4n) is 5.35. The minimum Gasteiger partial charge on any atom is -0.504 e. The van der Waals surface area contributed by atoms with Crippen LogP contribution in [-0.4, -0.2) is 22.9 Å². The molecule has 0 aliphatic heterocycles. The number of fused-ring (bicyclic) bond motifs is 5. The normalized spacial score (nSPS) is 37.9. The van der Waals surface area contributed by atoms with Gasteiger partial charge in [-0.15, -0.1) is 0 Å². The highest BCUT2D eigenvalue weighted by atomic mass is 16.5. The molecule has 3 nitrogen and oxygen atoms in total. The quantitative estimate of drug-likeness (QED) is 0.864. The molecule has 124 valence electrons. The molecule has 1 aromatic rings. The average molecular weight is 314 g/mol. The number of benzene rings is 1. The second-order valence-electron chi connectivity index (χ2n) is 7.67. The van der Waals surface area contributed by atoms with Gasteiger partial charge < -0.3 is 14.9 Å². The molecular formula is C20H26O3. The standard InChI is InChI=1S/C20H26O3/c1-3-23-18-11-15-12(10-17(18)21)4-5-14-13(15)8-9-20(2)16(14)6-7-19(20)22/h4-5,10-11,13-14,16,19,21-22H,3,6-9H2,1-2H3/t13-,14+,16-,19-,20-/m0/s1. The van der Waals surface area contributed by atoms with Crippen LogP contribution in [0, 0.1) is 17.3 Å². The van der Waals surface area contributed by atoms with Crippen LogP contribution in [0.25, 0.3) is 6.08 Å². The van der Waals surface area contributed by atoms with Crippen LogP contribution < -0.4 is 4.74 Å². The van der Waals surface area contributed by atoms with Crippen molar-refractivity contribution in [2.45, 2.75) is 51.6 Å². The molecule has 1 aromatic carbocycles. The van der Waals surface area contributed by atoms with E-state index < -0.39 is 0 Å². The summed E-state index contributed by atoms with van der Waals surface area (Å²) in [7, 11) is 0. The lowest BCUT2D eigenvalue weighted by Gasteiger charge is -2.48. The fraction of sp³-hybridized carbons (Fsp3) is 0.600. The van der Waals surface area contributed by atoms with Gasteiger partial charge in [0, 0.05) is 0 Å². The molecule has 2 N–H and O–H groups in total. The van der Waals surface area contributed by atoms with Crippen molar-refractivity contribution in [1.29, 1.82) is 0 Å². The zero-order valence-electron chi connectivity index (χ0n) is 14.0. The summed E-state index contributed by atoms with van der Waals surface area (Å²) in [5.41, 5.74) is 2.50. The molecule has 4 rings (SSSR count). The second-order valence-corrected chi connectivity index (χ2v) is 7.67. The van der Waals surface area contributed by atoms with Gasteiger partial charge in [0.05, 0.1) is 12.7 Å². The number of aliphatic hydroxyl groups excluding tert-OH is 1. The Bertz CT molecular complexity index is 651. The van der Waals surface area contributed by atoms with E-state index in [9.17, 15) is 10.2 Å². The highest BCUT2D eigenvalue weighted by Crippen LogP contribution is 2.60. The molecule has 0 heterocycles. The Morgan fingerprint density at radius 3 is 2.87 bits per heavy atom. The van der Waals surface area contributed by atoms with Crippen LogP contribution >= 0.6 is 0 Å². The molecule has 2 fully saturated rings. The number of aliphatic hydroxyl groups is 1. The van der Waals surface area contributed by atoms with Gasteiger partial charge >= 0.3 is 0 Å². The summed E-state index contributed by atoms with van der Waals surface area (Å²) in [6.45, 7) is 4.77. The Morgan fingerprint density at radius 2 is 2.09 bits per heavy atom. The van der Waals surface area contributed by atoms with Gasteiger partial charge in [-0.25, -0.2) is 0 Å². The van der Waals surface area contributed by atoms with Crippen LogP contribution in [0.5, 0.6) is 11.5 Å². The Kier molecular flexibility index (Phi) is 3.45. The Labute approximate surface area is 138 Å². The van der Waals surface area contributed by atoms with E-state index in [0.29, 0.717) is 30.1 Å². The first-order valence-corrected chi connectivity index (χ1v) is 8.90. The minimum atomic E-state index is -0.151. The van der Waals surface area contributed by atoms with Crippen molar-refractivity contribution in [1.82, 2.24) is 0 Å². The van der Waals surface area contributed by atoms with Crippen molar-refractivity contribution in [3.05, 3.63) is 29.3 Å². The van der Waals surface area contributed by atoms with Crippen LogP contribution in [0.3, 0.4) is 0 Å². The summed E-state index contributed by atoms with van der Waals surface area (Å²) in [6.07, 6.45) is 8.57. The van der Waals surface area contributed by atoms with Crippen molar-refractivity contribution >= 4 is 6.08 Å². The van der Waals surface area contributed by atoms with E-state index >= 15 is 0 Å². The Morgan fingerprint density at radius 1 is 1.26 bits per heavy atom. The lowest BCUT2D eigenvalue weighted by Crippen LogP contribution is -2.42. The van der Waals surface area contributed by atoms with Crippen molar-refractivity contribution in [2.75, 3.05) is 6.61 Å². The van der Waals surface area contributed by atoms with Gasteiger partial charge in [-0.3, -0.25) is 0 Å². The molecular weight excluding hydrogens is 288 g/mol. The van der Waals surface area contributed by atoms with Gasteiger partial charge in [-0.05, 0) is 79.0 Å². The summed E-state index contributed by atoms with van der Waals surface area (Å²) >= 11 is 0. The molecule has 23 heavy (non-hydrogen) atoms. The van der Waals surface area contributed by atoms with Crippen LogP contribution in [-0.2, 0) is 0 Å². The highest BCUT2D eigenvalue weighted by molar-refractivity contribution is 5.64. The van der Waals surface area contributed by atoms with Crippen LogP contribution in [0.1, 0.15) is 56.6 Å². The van der Waals surface area contributed by atoms with Gasteiger partial charge in [0.25, 0.3) is 0 Å². The minimum absolute atomic E-state index is 0.0721. The Balaban J connectivity index is 1.73. The van der Waals surface area contributed by atoms with E-state index in [-0.39, 0.29) is 17.3 Å². The maximum Gasteiger partial charge on any atom is 0.161 e. The molecule has 0 amide bonds. The van der Waals surface area contributed by atoms with E-state index in [1.165, 1.54) is 5.56 Å². The van der Waals surface area contributed by atoms with Crippen molar-refractivity contribution < 1.29 is 14.9 Å². The fourth-order valence-corrected chi connectivity index (χ4v) is 5.35. The number of phenols is 1. The topological polar surface area (TPSA) is 49.7 Å². The van der Waals surface area contributed by atoms with Gasteiger partial charge in [-0.2, -0.15) is 0 Å². The van der Waals surface area contributed by atoms with Crippen molar-refractivity contribution in [2.24, 2.45) is 17.3 Å². The van der Waals surface area contributed by atoms with Gasteiger partial charge in [0.15, 0.2) is 11.5 Å². The molecule has 2 saturated carbocycles. The van der Waals surface area contributed by atoms with E-state index in [2.05, 4.69) is 19.1 Å². The molecule has 5 atom stereocenters. The monoisotopic (exact) mass is 314 g/mol. The van der Waals surface area contributed by atoms with Crippen LogP contribution in [0.2, 0.25) is 0 Å². The molecule has 3 heteroatoms. The summed E-state index contributed by atoms with van der Waals surface area (Å²) in [4.78, 5) is 0. The maximum atomic E-state index is 10.4. The molecule has 3 aliphatic carbocycles. The van der Waals surface area contributed by atoms with Crippen molar-refractivity contribution in [3.63, 3.8) is 0 Å². The number of aromatic hydroxyl groups is 1. The number of ether oxygens (including phenoxy) is 1. The first-order valence-electron chi connectivity index (χ1n) is 8.90. The lowest BCUT2D eigenvalue weighted by atomic mass is 9.57. The molecule has 0 radical (unpaired) electrons. The summed E-state index contributed by atoms with van der Waals surface area (Å²) in [6, 6.07) is 3.88. The largest absolute Gasteiger partial charge is 0.504 e. The van der Waals surface area contributed by atoms with E-state index in [0.717, 1.165) is 31.2 Å². The molecule has 0 spiro atoms. The summed E-state index contributed by atoms with van der Waals surface area (Å²) in [5, 5.41) is 20.6. The van der Waals surface area contributed by atoms with Gasteiger partial charge in [-0.1, -0.05) is 19.1 Å². The number of phenolic OH excluding ortho intramolecular Hbond substituents is 1. The molecule has 0 bridgehead atoms. The van der Waals surface area contributed by atoms with E-state index in [4.69, 9.17) is 4.74 Å². The summed E-state index contributed by atoms with van der Waals surface area (Å²) < 4.78 is 5.59. The first kappa shape index (κ1) is 15.1. The van der Waals surface area contributed by atoms with E-state index in [1.807, 2.05) is 19.1 Å². The maximum absolute atomic E-state index is 10.4. The molecule has 3 aliphatic rings. The summed E-state index contributed by atoms with van der Waals surface area (Å²) in [5.74, 6) is 2.37. The predicted octanol–water partition coefficient (Wildman–Crippen LogP) is 4.09. The number of allylic oxidation sites excluding steroid dienone is 1. The Hall–Kier alpha value is -1.48. The third-order valence-electron chi connectivity index (χ3n) is 6.64. The predicted molar refractivity (Wildman–Crippen MR) is 90.6 cm³/mol. The van der Waals surface area contributed by atoms with Gasteiger partial charge in [0.2, 0.25) is 0 Å². The third kappa shape index (κ3) is 2.13. The molecule has 0 unspecified atom stereocenters. The SMILES string of the molecule is CCOc1cc2c(cc1O)C=C[C@@H]1[C@@H]2CC[C@]2(C)[C@@H](O)CC[C@@H]12. The van der Waals surface area contributed by atoms with E-state index in [1.54, 1.807) is 0 Å². The zero-order valence-corrected chi connectivity index (χ0v) is 14.0.